The molecule has 4 N–H and O–H groups in total. The van der Waals surface area contributed by atoms with Gasteiger partial charge >= 0.3 is 0 Å². The van der Waals surface area contributed by atoms with Crippen molar-refractivity contribution in [2.45, 2.75) is 25.5 Å². The lowest BCUT2D eigenvalue weighted by Gasteiger charge is -2.29. The fraction of sp³-hybridized carbons (Fsp3) is 0.286. The molecule has 0 fully saturated rings. The first kappa shape index (κ1) is 22.4. The number of benzene rings is 1. The maximum Gasteiger partial charge on any atom is 0.213 e. The molecular weight excluding hydrogens is 382 g/mol. The van der Waals surface area contributed by atoms with Gasteiger partial charge in [-0.15, -0.1) is 11.8 Å². The third kappa shape index (κ3) is 6.62. The molecule has 1 aromatic carbocycles. The van der Waals surface area contributed by atoms with Gasteiger partial charge in [-0.05, 0) is 37.4 Å². The van der Waals surface area contributed by atoms with Crippen molar-refractivity contribution < 1.29 is 0 Å². The number of aliphatic imine (C=N–C) groups is 1. The SMILES string of the molecule is C=Nc1ccccc1N(CSCc1cccc(NC(=C)CCC)n1)C(=N)N(C)N. The van der Waals surface area contributed by atoms with Crippen molar-refractivity contribution in [2.75, 3.05) is 23.1 Å². The minimum Gasteiger partial charge on any atom is -0.344 e. The molecule has 0 unspecified atom stereocenters. The summed E-state index contributed by atoms with van der Waals surface area (Å²) in [5.74, 6) is 8.01. The summed E-state index contributed by atoms with van der Waals surface area (Å²) in [4.78, 5) is 10.5. The number of para-hydroxylation sites is 2. The number of hydrogen-bond acceptors (Lipinski definition) is 6. The zero-order valence-corrected chi connectivity index (χ0v) is 17.9. The minimum atomic E-state index is 0.174. The van der Waals surface area contributed by atoms with Gasteiger partial charge in [0.05, 0.1) is 22.9 Å². The van der Waals surface area contributed by atoms with Crippen molar-refractivity contribution in [3.8, 4) is 0 Å². The number of rotatable bonds is 10. The van der Waals surface area contributed by atoms with Gasteiger partial charge in [0.2, 0.25) is 5.96 Å². The minimum absolute atomic E-state index is 0.174. The van der Waals surface area contributed by atoms with E-state index in [1.165, 1.54) is 5.01 Å². The highest BCUT2D eigenvalue weighted by atomic mass is 32.2. The summed E-state index contributed by atoms with van der Waals surface area (Å²) < 4.78 is 0. The van der Waals surface area contributed by atoms with E-state index in [0.717, 1.165) is 35.7 Å². The smallest absolute Gasteiger partial charge is 0.213 e. The number of nitrogens with one attached hydrogen (secondary N) is 2. The Balaban J connectivity index is 2.08. The largest absolute Gasteiger partial charge is 0.344 e. The number of pyridine rings is 1. The molecule has 8 heteroatoms. The van der Waals surface area contributed by atoms with Crippen molar-refractivity contribution in [1.29, 1.82) is 5.41 Å². The Kier molecular flexibility index (Phi) is 8.69. The molecule has 29 heavy (non-hydrogen) atoms. The van der Waals surface area contributed by atoms with E-state index in [0.29, 0.717) is 17.3 Å². The maximum atomic E-state index is 8.36. The van der Waals surface area contributed by atoms with Gasteiger partial charge in [-0.2, -0.15) is 0 Å². The lowest BCUT2D eigenvalue weighted by Crippen LogP contribution is -2.45. The predicted molar refractivity (Wildman–Crippen MR) is 126 cm³/mol. The monoisotopic (exact) mass is 411 g/mol. The van der Waals surface area contributed by atoms with Gasteiger partial charge in [-0.1, -0.05) is 38.1 Å². The third-order valence-electron chi connectivity index (χ3n) is 4.07. The zero-order chi connectivity index (χ0) is 21.2. The molecule has 0 aliphatic heterocycles. The summed E-state index contributed by atoms with van der Waals surface area (Å²) in [6.07, 6.45) is 1.96. The molecular formula is C21H29N7S. The van der Waals surface area contributed by atoms with Crippen LogP contribution in [0.25, 0.3) is 0 Å². The fourth-order valence-corrected chi connectivity index (χ4v) is 3.58. The van der Waals surface area contributed by atoms with E-state index in [9.17, 15) is 0 Å². The average molecular weight is 412 g/mol. The number of hydrazine groups is 1. The second-order valence-electron chi connectivity index (χ2n) is 6.48. The number of guanidine groups is 1. The van der Waals surface area contributed by atoms with Crippen LogP contribution in [-0.2, 0) is 5.75 Å². The molecule has 0 amide bonds. The van der Waals surface area contributed by atoms with Crippen LogP contribution in [0.2, 0.25) is 0 Å². The number of hydrogen-bond donors (Lipinski definition) is 3. The van der Waals surface area contributed by atoms with Crippen LogP contribution in [-0.4, -0.2) is 35.6 Å². The third-order valence-corrected chi connectivity index (χ3v) is 5.01. The van der Waals surface area contributed by atoms with Crippen LogP contribution in [0.3, 0.4) is 0 Å². The van der Waals surface area contributed by atoms with E-state index in [-0.39, 0.29) is 5.96 Å². The standard InChI is InChI=1S/C21H29N7S/c1-5-9-16(2)25-20-13-8-10-17(26-20)14-29-15-28(21(22)27(4)23)19-12-7-6-11-18(19)24-3/h6-8,10-13,22H,2-3,5,9,14-15,23H2,1,4H3,(H,25,26). The Morgan fingerprint density at radius 2 is 2.03 bits per heavy atom. The van der Waals surface area contributed by atoms with Crippen LogP contribution in [0.15, 0.2) is 59.7 Å². The summed E-state index contributed by atoms with van der Waals surface area (Å²) in [6.45, 7) is 9.77. The van der Waals surface area contributed by atoms with Gasteiger partial charge < -0.3 is 5.32 Å². The van der Waals surface area contributed by atoms with E-state index in [2.05, 4.69) is 35.5 Å². The van der Waals surface area contributed by atoms with Gasteiger partial charge in [-0.3, -0.25) is 20.3 Å². The number of aromatic nitrogens is 1. The number of anilines is 2. The fourth-order valence-electron chi connectivity index (χ4n) is 2.68. The van der Waals surface area contributed by atoms with Crippen LogP contribution in [0, 0.1) is 5.41 Å². The second-order valence-corrected chi connectivity index (χ2v) is 7.43. The van der Waals surface area contributed by atoms with Crippen molar-refractivity contribution in [2.24, 2.45) is 10.8 Å². The first-order valence-corrected chi connectivity index (χ1v) is 10.5. The van der Waals surface area contributed by atoms with Gasteiger partial charge in [0.1, 0.15) is 5.82 Å². The lowest BCUT2D eigenvalue weighted by atomic mass is 10.2. The van der Waals surface area contributed by atoms with E-state index in [1.54, 1.807) is 23.7 Å². The molecule has 0 bridgehead atoms. The van der Waals surface area contributed by atoms with Gasteiger partial charge in [0.15, 0.2) is 0 Å². The van der Waals surface area contributed by atoms with Crippen LogP contribution in [0.5, 0.6) is 0 Å². The van der Waals surface area contributed by atoms with Gasteiger partial charge in [-0.25, -0.2) is 10.8 Å². The van der Waals surface area contributed by atoms with Crippen molar-refractivity contribution in [3.05, 3.63) is 60.4 Å². The van der Waals surface area contributed by atoms with Crippen molar-refractivity contribution in [3.63, 3.8) is 0 Å². The Bertz CT molecular complexity index is 850. The van der Waals surface area contributed by atoms with Gasteiger partial charge in [0, 0.05) is 18.5 Å². The molecule has 0 aliphatic rings. The highest BCUT2D eigenvalue weighted by Gasteiger charge is 2.17. The molecule has 2 aromatic rings. The molecule has 154 valence electrons. The second kappa shape index (κ2) is 11.2. The highest BCUT2D eigenvalue weighted by Crippen LogP contribution is 2.30. The topological polar surface area (TPSA) is 93.6 Å². The lowest BCUT2D eigenvalue weighted by molar-refractivity contribution is 0.523. The number of nitrogens with two attached hydrogens (primary N) is 1. The number of allylic oxidation sites excluding steroid dienone is 1. The van der Waals surface area contributed by atoms with Crippen LogP contribution in [0.4, 0.5) is 17.2 Å². The first-order chi connectivity index (χ1) is 14.0. The van der Waals surface area contributed by atoms with E-state index < -0.39 is 0 Å². The van der Waals surface area contributed by atoms with Gasteiger partial charge in [0.25, 0.3) is 0 Å². The van der Waals surface area contributed by atoms with Crippen molar-refractivity contribution in [1.82, 2.24) is 9.99 Å². The molecule has 1 heterocycles. The normalized spacial score (nSPS) is 10.3. The van der Waals surface area contributed by atoms with E-state index in [1.807, 2.05) is 42.5 Å². The quantitative estimate of drug-likeness (QED) is 0.174. The van der Waals surface area contributed by atoms with E-state index in [4.69, 9.17) is 11.3 Å². The zero-order valence-electron chi connectivity index (χ0n) is 17.1. The predicted octanol–water partition coefficient (Wildman–Crippen LogP) is 4.58. The van der Waals surface area contributed by atoms with E-state index >= 15 is 0 Å². The Morgan fingerprint density at radius 1 is 1.28 bits per heavy atom. The molecule has 0 radical (unpaired) electrons. The molecule has 0 saturated carbocycles. The van der Waals surface area contributed by atoms with Crippen LogP contribution >= 0.6 is 11.8 Å². The van der Waals surface area contributed by atoms with Crippen LogP contribution < -0.4 is 16.1 Å². The average Bonchev–Trinajstić information content (AvgIpc) is 2.71. The van der Waals surface area contributed by atoms with Crippen molar-refractivity contribution >= 4 is 41.6 Å². The molecule has 1 aromatic heterocycles. The molecule has 0 atom stereocenters. The molecule has 0 saturated heterocycles. The Hall–Kier alpha value is -2.84. The van der Waals surface area contributed by atoms with Crippen LogP contribution in [0.1, 0.15) is 25.5 Å². The molecule has 0 aliphatic carbocycles. The molecule has 7 nitrogen and oxygen atoms in total. The maximum absolute atomic E-state index is 8.36. The molecule has 0 spiro atoms. The summed E-state index contributed by atoms with van der Waals surface area (Å²) >= 11 is 1.64. The summed E-state index contributed by atoms with van der Waals surface area (Å²) in [5.41, 5.74) is 3.41. The number of thioether (sulfide) groups is 1. The highest BCUT2D eigenvalue weighted by molar-refractivity contribution is 7.98. The summed E-state index contributed by atoms with van der Waals surface area (Å²) in [6, 6.07) is 13.5. The Morgan fingerprint density at radius 3 is 2.72 bits per heavy atom. The number of nitrogens with zero attached hydrogens (tertiary/aromatic N) is 4. The first-order valence-electron chi connectivity index (χ1n) is 9.35. The molecule has 2 rings (SSSR count). The summed E-state index contributed by atoms with van der Waals surface area (Å²) in [7, 11) is 1.64. The summed E-state index contributed by atoms with van der Waals surface area (Å²) in [5, 5.41) is 12.9. The Labute approximate surface area is 177 Å².